The molecule has 1 rings (SSSR count). The van der Waals surface area contributed by atoms with Gasteiger partial charge in [0.2, 0.25) is 0 Å². The Balaban J connectivity index is 2.68. The molecule has 3 nitrogen and oxygen atoms in total. The first-order chi connectivity index (χ1) is 8.46. The third-order valence-corrected chi connectivity index (χ3v) is 4.71. The van der Waals surface area contributed by atoms with Gasteiger partial charge in [0, 0.05) is 11.6 Å². The molecule has 0 aromatic heterocycles. The molecule has 0 aliphatic rings. The average molecular weight is 335 g/mol. The molecule has 102 valence electrons. The molecule has 0 fully saturated rings. The summed E-state index contributed by atoms with van der Waals surface area (Å²) in [5.74, 6) is 1.40. The number of para-hydroxylation sites is 1. The first kappa shape index (κ1) is 15.5. The molecule has 18 heavy (non-hydrogen) atoms. The van der Waals surface area contributed by atoms with Crippen molar-refractivity contribution in [3.63, 3.8) is 0 Å². The fraction of sp³-hybridized carbons (Fsp3) is 0.538. The summed E-state index contributed by atoms with van der Waals surface area (Å²) >= 11 is 3.45. The van der Waals surface area contributed by atoms with Gasteiger partial charge in [0.05, 0.1) is 12.9 Å². The van der Waals surface area contributed by atoms with Crippen LogP contribution in [0.25, 0.3) is 0 Å². The molecule has 5 heteroatoms. The van der Waals surface area contributed by atoms with Gasteiger partial charge in [-0.05, 0) is 30.4 Å². The number of hydrogen-bond acceptors (Lipinski definition) is 3. The van der Waals surface area contributed by atoms with Gasteiger partial charge in [-0.1, -0.05) is 34.1 Å². The van der Waals surface area contributed by atoms with Crippen LogP contribution in [0.3, 0.4) is 0 Å². The lowest BCUT2D eigenvalue weighted by Crippen LogP contribution is -2.13. The van der Waals surface area contributed by atoms with E-state index in [0.717, 1.165) is 23.1 Å². The largest absolute Gasteiger partial charge is 0.496 e. The summed E-state index contributed by atoms with van der Waals surface area (Å²) in [5, 5.41) is 0.792. The van der Waals surface area contributed by atoms with Gasteiger partial charge in [-0.25, -0.2) is 8.42 Å². The Bertz CT molecular complexity index is 471. The molecule has 1 aromatic rings. The number of alkyl halides is 1. The van der Waals surface area contributed by atoms with E-state index in [9.17, 15) is 8.42 Å². The lowest BCUT2D eigenvalue weighted by molar-refractivity contribution is 0.405. The standard InChI is InChI=1S/C13H19BrO3S/c1-17-13-6-4-3-5-12(13)9-11(10-14)7-8-18(2,15)16/h3-6,11H,7-10H2,1-2H3. The summed E-state index contributed by atoms with van der Waals surface area (Å²) in [4.78, 5) is 0. The second-order valence-electron chi connectivity index (χ2n) is 4.45. The van der Waals surface area contributed by atoms with Crippen LogP contribution in [0, 0.1) is 5.92 Å². The van der Waals surface area contributed by atoms with Crippen LogP contribution in [-0.2, 0) is 16.3 Å². The van der Waals surface area contributed by atoms with Crippen molar-refractivity contribution in [3.05, 3.63) is 29.8 Å². The fourth-order valence-corrected chi connectivity index (χ4v) is 3.11. The number of rotatable bonds is 7. The summed E-state index contributed by atoms with van der Waals surface area (Å²) in [7, 11) is -1.24. The van der Waals surface area contributed by atoms with E-state index < -0.39 is 9.84 Å². The number of ether oxygens (including phenoxy) is 1. The molecule has 0 aliphatic carbocycles. The number of benzene rings is 1. The molecule has 0 saturated heterocycles. The second-order valence-corrected chi connectivity index (χ2v) is 7.36. The molecule has 0 radical (unpaired) electrons. The summed E-state index contributed by atoms with van der Waals surface area (Å²) in [6.45, 7) is 0. The van der Waals surface area contributed by atoms with Crippen LogP contribution in [0.4, 0.5) is 0 Å². The third-order valence-electron chi connectivity index (χ3n) is 2.82. The Morgan fingerprint density at radius 2 is 2.00 bits per heavy atom. The molecule has 0 heterocycles. The fourth-order valence-electron chi connectivity index (χ4n) is 1.80. The van der Waals surface area contributed by atoms with Crippen molar-refractivity contribution in [1.29, 1.82) is 0 Å². The maximum Gasteiger partial charge on any atom is 0.147 e. The molecule has 1 unspecified atom stereocenters. The maximum absolute atomic E-state index is 11.2. The average Bonchev–Trinajstić information content (AvgIpc) is 2.33. The highest BCUT2D eigenvalue weighted by Crippen LogP contribution is 2.23. The van der Waals surface area contributed by atoms with Crippen molar-refractivity contribution in [2.45, 2.75) is 12.8 Å². The molecule has 0 spiro atoms. The lowest BCUT2D eigenvalue weighted by Gasteiger charge is -2.15. The van der Waals surface area contributed by atoms with Crippen molar-refractivity contribution in [2.75, 3.05) is 24.4 Å². The van der Waals surface area contributed by atoms with Crippen molar-refractivity contribution in [3.8, 4) is 5.75 Å². The smallest absolute Gasteiger partial charge is 0.147 e. The summed E-state index contributed by atoms with van der Waals surface area (Å²) in [5.41, 5.74) is 1.12. The van der Waals surface area contributed by atoms with Crippen LogP contribution in [0.2, 0.25) is 0 Å². The zero-order valence-electron chi connectivity index (χ0n) is 10.7. The van der Waals surface area contributed by atoms with Gasteiger partial charge in [-0.3, -0.25) is 0 Å². The Hall–Kier alpha value is -0.550. The van der Waals surface area contributed by atoms with Crippen LogP contribution >= 0.6 is 15.9 Å². The minimum absolute atomic E-state index is 0.235. The van der Waals surface area contributed by atoms with Gasteiger partial charge in [-0.15, -0.1) is 0 Å². The minimum Gasteiger partial charge on any atom is -0.496 e. The van der Waals surface area contributed by atoms with E-state index in [2.05, 4.69) is 15.9 Å². The van der Waals surface area contributed by atoms with Crippen LogP contribution in [-0.4, -0.2) is 32.9 Å². The van der Waals surface area contributed by atoms with Crippen LogP contribution in [0.1, 0.15) is 12.0 Å². The first-order valence-electron chi connectivity index (χ1n) is 5.82. The van der Waals surface area contributed by atoms with E-state index in [1.807, 2.05) is 24.3 Å². The van der Waals surface area contributed by atoms with Crippen molar-refractivity contribution >= 4 is 25.8 Å². The summed E-state index contributed by atoms with van der Waals surface area (Å²) < 4.78 is 27.7. The minimum atomic E-state index is -2.89. The van der Waals surface area contributed by atoms with Crippen molar-refractivity contribution in [1.82, 2.24) is 0 Å². The van der Waals surface area contributed by atoms with E-state index in [-0.39, 0.29) is 5.75 Å². The van der Waals surface area contributed by atoms with Gasteiger partial charge < -0.3 is 4.74 Å². The van der Waals surface area contributed by atoms with Crippen LogP contribution in [0.15, 0.2) is 24.3 Å². The quantitative estimate of drug-likeness (QED) is 0.720. The van der Waals surface area contributed by atoms with E-state index in [1.165, 1.54) is 6.26 Å². The van der Waals surface area contributed by atoms with Gasteiger partial charge >= 0.3 is 0 Å². The van der Waals surface area contributed by atoms with E-state index in [0.29, 0.717) is 12.3 Å². The highest BCUT2D eigenvalue weighted by molar-refractivity contribution is 9.09. The monoisotopic (exact) mass is 334 g/mol. The highest BCUT2D eigenvalue weighted by Gasteiger charge is 2.14. The number of hydrogen-bond donors (Lipinski definition) is 0. The summed E-state index contributed by atoms with van der Waals surface area (Å²) in [6, 6.07) is 7.85. The van der Waals surface area contributed by atoms with Gasteiger partial charge in [-0.2, -0.15) is 0 Å². The Labute approximate surface area is 118 Å². The molecule has 0 amide bonds. The molecule has 0 bridgehead atoms. The first-order valence-corrected chi connectivity index (χ1v) is 9.00. The molecular formula is C13H19BrO3S. The third kappa shape index (κ3) is 5.40. The zero-order chi connectivity index (χ0) is 13.6. The zero-order valence-corrected chi connectivity index (χ0v) is 13.1. The molecule has 0 aliphatic heterocycles. The molecule has 0 saturated carbocycles. The van der Waals surface area contributed by atoms with Gasteiger partial charge in [0.25, 0.3) is 0 Å². The van der Waals surface area contributed by atoms with Crippen molar-refractivity contribution in [2.24, 2.45) is 5.92 Å². The second kappa shape index (κ2) is 7.14. The van der Waals surface area contributed by atoms with Crippen molar-refractivity contribution < 1.29 is 13.2 Å². The van der Waals surface area contributed by atoms with E-state index in [4.69, 9.17) is 4.74 Å². The highest BCUT2D eigenvalue weighted by atomic mass is 79.9. The Morgan fingerprint density at radius 1 is 1.33 bits per heavy atom. The number of sulfone groups is 1. The Morgan fingerprint density at radius 3 is 2.56 bits per heavy atom. The number of halogens is 1. The van der Waals surface area contributed by atoms with Gasteiger partial charge in [0.1, 0.15) is 15.6 Å². The van der Waals surface area contributed by atoms with E-state index >= 15 is 0 Å². The maximum atomic E-state index is 11.2. The molecule has 1 atom stereocenters. The van der Waals surface area contributed by atoms with Gasteiger partial charge in [0.15, 0.2) is 0 Å². The van der Waals surface area contributed by atoms with Crippen LogP contribution in [0.5, 0.6) is 5.75 Å². The lowest BCUT2D eigenvalue weighted by atomic mass is 9.98. The molecular weight excluding hydrogens is 316 g/mol. The topological polar surface area (TPSA) is 43.4 Å². The predicted molar refractivity (Wildman–Crippen MR) is 78.3 cm³/mol. The molecule has 1 aromatic carbocycles. The predicted octanol–water partition coefficient (Wildman–Crippen LogP) is 2.68. The summed E-state index contributed by atoms with van der Waals surface area (Å²) in [6.07, 6.45) is 2.77. The normalized spacial score (nSPS) is 13.3. The SMILES string of the molecule is COc1ccccc1CC(CBr)CCS(C)(=O)=O. The number of methoxy groups -OCH3 is 1. The molecule has 0 N–H and O–H groups in total. The van der Waals surface area contributed by atoms with Crippen LogP contribution < -0.4 is 4.74 Å². The Kier molecular flexibility index (Phi) is 6.15. The van der Waals surface area contributed by atoms with E-state index in [1.54, 1.807) is 7.11 Å².